The van der Waals surface area contributed by atoms with Crippen molar-refractivity contribution < 1.29 is 13.5 Å². The Hall–Kier alpha value is -0.910. The third-order valence-corrected chi connectivity index (χ3v) is 6.42. The summed E-state index contributed by atoms with van der Waals surface area (Å²) in [5, 5.41) is 12.2. The van der Waals surface area contributed by atoms with Crippen LogP contribution in [0.1, 0.15) is 38.2 Å². The second-order valence-electron chi connectivity index (χ2n) is 6.04. The molecule has 0 radical (unpaired) electrons. The lowest BCUT2D eigenvalue weighted by Crippen LogP contribution is -2.48. The third-order valence-electron chi connectivity index (χ3n) is 4.13. The van der Waals surface area contributed by atoms with Crippen LogP contribution in [0.3, 0.4) is 0 Å². The highest BCUT2D eigenvalue weighted by molar-refractivity contribution is 7.92. The van der Waals surface area contributed by atoms with Crippen LogP contribution in [0.15, 0.2) is 29.2 Å². The number of sulfone groups is 1. The molecule has 1 aliphatic rings. The van der Waals surface area contributed by atoms with Gasteiger partial charge >= 0.3 is 0 Å². The fraction of sp³-hybridized carbons (Fsp3) is 0.625. The van der Waals surface area contributed by atoms with Crippen molar-refractivity contribution in [1.29, 1.82) is 0 Å². The van der Waals surface area contributed by atoms with Crippen LogP contribution >= 0.6 is 0 Å². The second kappa shape index (κ2) is 6.90. The van der Waals surface area contributed by atoms with E-state index in [0.717, 1.165) is 24.8 Å². The van der Waals surface area contributed by atoms with E-state index in [0.29, 0.717) is 17.9 Å². The Morgan fingerprint density at radius 3 is 2.48 bits per heavy atom. The summed E-state index contributed by atoms with van der Waals surface area (Å²) < 4.78 is 25.7. The van der Waals surface area contributed by atoms with Crippen LogP contribution in [-0.2, 0) is 9.84 Å². The summed E-state index contributed by atoms with van der Waals surface area (Å²) in [5.41, 5.74) is 1.06. The Bertz CT molecular complexity index is 551. The van der Waals surface area contributed by atoms with Gasteiger partial charge in [-0.15, -0.1) is 0 Å². The maximum absolute atomic E-state index is 12.9. The smallest absolute Gasteiger partial charge is 0.182 e. The van der Waals surface area contributed by atoms with Crippen molar-refractivity contribution in [3.63, 3.8) is 0 Å². The van der Waals surface area contributed by atoms with Gasteiger partial charge < -0.3 is 10.4 Å². The highest BCUT2D eigenvalue weighted by Gasteiger charge is 2.36. The number of aliphatic hydroxyl groups is 1. The van der Waals surface area contributed by atoms with Gasteiger partial charge in [0.15, 0.2) is 9.84 Å². The summed E-state index contributed by atoms with van der Waals surface area (Å²) in [6.07, 6.45) is 3.06. The second-order valence-corrected chi connectivity index (χ2v) is 8.21. The molecular weight excluding hydrogens is 286 g/mol. The van der Waals surface area contributed by atoms with Gasteiger partial charge in [-0.3, -0.25) is 0 Å². The monoisotopic (exact) mass is 311 g/mol. The molecule has 0 bridgehead atoms. The normalized spacial score (nSPS) is 24.7. The van der Waals surface area contributed by atoms with Crippen LogP contribution in [0.5, 0.6) is 0 Å². The summed E-state index contributed by atoms with van der Waals surface area (Å²) in [6, 6.07) is 7.01. The Kier molecular flexibility index (Phi) is 5.41. The maximum Gasteiger partial charge on any atom is 0.182 e. The van der Waals surface area contributed by atoms with Crippen molar-refractivity contribution in [2.24, 2.45) is 0 Å². The van der Waals surface area contributed by atoms with Gasteiger partial charge in [-0.05, 0) is 38.8 Å². The minimum absolute atomic E-state index is 0.0698. The van der Waals surface area contributed by atoms with E-state index >= 15 is 0 Å². The first-order chi connectivity index (χ1) is 9.91. The van der Waals surface area contributed by atoms with Crippen molar-refractivity contribution in [3.8, 4) is 0 Å². The predicted octanol–water partition coefficient (Wildman–Crippen LogP) is 2.05. The Morgan fingerprint density at radius 2 is 1.86 bits per heavy atom. The van der Waals surface area contributed by atoms with E-state index in [2.05, 4.69) is 5.32 Å². The number of nitrogens with one attached hydrogen (secondary N) is 1. The Morgan fingerprint density at radius 1 is 1.24 bits per heavy atom. The third kappa shape index (κ3) is 4.05. The first-order valence-corrected chi connectivity index (χ1v) is 9.18. The van der Waals surface area contributed by atoms with Crippen LogP contribution in [0.25, 0.3) is 0 Å². The van der Waals surface area contributed by atoms with Crippen LogP contribution in [0.2, 0.25) is 0 Å². The lowest BCUT2D eigenvalue weighted by Gasteiger charge is -2.32. The van der Waals surface area contributed by atoms with E-state index in [1.165, 1.54) is 0 Å². The Labute approximate surface area is 127 Å². The van der Waals surface area contributed by atoms with Gasteiger partial charge in [0.25, 0.3) is 0 Å². The molecule has 0 spiro atoms. The largest absolute Gasteiger partial charge is 0.392 e. The SMILES string of the molecule is Cc1ccc(S(=O)(=O)C2CCCCC2NC[C@H](C)O)cc1. The summed E-state index contributed by atoms with van der Waals surface area (Å²) >= 11 is 0. The van der Waals surface area contributed by atoms with Gasteiger partial charge in [-0.1, -0.05) is 30.5 Å². The molecule has 5 heteroatoms. The molecule has 1 aromatic carbocycles. The van der Waals surface area contributed by atoms with E-state index in [1.807, 2.05) is 19.1 Å². The topological polar surface area (TPSA) is 66.4 Å². The number of benzene rings is 1. The zero-order valence-electron chi connectivity index (χ0n) is 12.7. The number of aryl methyl sites for hydroxylation is 1. The molecule has 0 saturated heterocycles. The summed E-state index contributed by atoms with van der Waals surface area (Å²) in [7, 11) is -3.32. The molecule has 1 fully saturated rings. The zero-order valence-corrected chi connectivity index (χ0v) is 13.6. The van der Waals surface area contributed by atoms with E-state index in [1.54, 1.807) is 19.1 Å². The van der Waals surface area contributed by atoms with Crippen molar-refractivity contribution in [2.45, 2.75) is 61.8 Å². The fourth-order valence-corrected chi connectivity index (χ4v) is 4.93. The lowest BCUT2D eigenvalue weighted by molar-refractivity contribution is 0.181. The van der Waals surface area contributed by atoms with Crippen LogP contribution in [-0.4, -0.2) is 37.5 Å². The van der Waals surface area contributed by atoms with E-state index in [-0.39, 0.29) is 6.04 Å². The van der Waals surface area contributed by atoms with Gasteiger partial charge in [0.1, 0.15) is 0 Å². The first-order valence-electron chi connectivity index (χ1n) is 7.63. The molecule has 3 atom stereocenters. The zero-order chi connectivity index (χ0) is 15.5. The average Bonchev–Trinajstić information content (AvgIpc) is 2.46. The molecule has 4 nitrogen and oxygen atoms in total. The van der Waals surface area contributed by atoms with Crippen molar-refractivity contribution >= 4 is 9.84 Å². The molecule has 1 aliphatic carbocycles. The molecule has 2 N–H and O–H groups in total. The number of hydrogen-bond acceptors (Lipinski definition) is 4. The molecule has 0 aliphatic heterocycles. The van der Waals surface area contributed by atoms with E-state index < -0.39 is 21.2 Å². The van der Waals surface area contributed by atoms with E-state index in [4.69, 9.17) is 0 Å². The molecule has 0 amide bonds. The van der Waals surface area contributed by atoms with Gasteiger partial charge in [-0.2, -0.15) is 0 Å². The number of rotatable bonds is 5. The van der Waals surface area contributed by atoms with Gasteiger partial charge in [-0.25, -0.2) is 8.42 Å². The first kappa shape index (κ1) is 16.5. The minimum atomic E-state index is -3.32. The molecule has 118 valence electrons. The molecule has 21 heavy (non-hydrogen) atoms. The van der Waals surface area contributed by atoms with E-state index in [9.17, 15) is 13.5 Å². The standard InChI is InChI=1S/C16H25NO3S/c1-12-7-9-14(10-8-12)21(19,20)16-6-4-3-5-15(16)17-11-13(2)18/h7-10,13,15-18H,3-6,11H2,1-2H3/t13-,15?,16?/m0/s1. The molecule has 2 rings (SSSR count). The van der Waals surface area contributed by atoms with Crippen molar-refractivity contribution in [2.75, 3.05) is 6.54 Å². The molecule has 0 aromatic heterocycles. The number of hydrogen-bond donors (Lipinski definition) is 2. The quantitative estimate of drug-likeness (QED) is 0.873. The van der Waals surface area contributed by atoms with Gasteiger partial charge in [0, 0.05) is 12.6 Å². The summed E-state index contributed by atoms with van der Waals surface area (Å²) in [4.78, 5) is 0.406. The van der Waals surface area contributed by atoms with Crippen LogP contribution in [0, 0.1) is 6.92 Å². The maximum atomic E-state index is 12.9. The molecular formula is C16H25NO3S. The number of aliphatic hydroxyl groups excluding tert-OH is 1. The van der Waals surface area contributed by atoms with Gasteiger partial charge in [0.2, 0.25) is 0 Å². The predicted molar refractivity (Wildman–Crippen MR) is 84.1 cm³/mol. The highest BCUT2D eigenvalue weighted by atomic mass is 32.2. The molecule has 2 unspecified atom stereocenters. The van der Waals surface area contributed by atoms with Crippen molar-refractivity contribution in [1.82, 2.24) is 5.32 Å². The van der Waals surface area contributed by atoms with Gasteiger partial charge in [0.05, 0.1) is 16.2 Å². The molecule has 1 aromatic rings. The summed E-state index contributed by atoms with van der Waals surface area (Å²) in [6.45, 7) is 4.09. The van der Waals surface area contributed by atoms with Crippen LogP contribution in [0.4, 0.5) is 0 Å². The molecule has 0 heterocycles. The minimum Gasteiger partial charge on any atom is -0.392 e. The Balaban J connectivity index is 2.20. The highest BCUT2D eigenvalue weighted by Crippen LogP contribution is 2.29. The van der Waals surface area contributed by atoms with Crippen molar-refractivity contribution in [3.05, 3.63) is 29.8 Å². The van der Waals surface area contributed by atoms with Crippen LogP contribution < -0.4 is 5.32 Å². The summed E-state index contributed by atoms with van der Waals surface area (Å²) in [5.74, 6) is 0. The molecule has 1 saturated carbocycles. The average molecular weight is 311 g/mol. The fourth-order valence-electron chi connectivity index (χ4n) is 2.93. The lowest BCUT2D eigenvalue weighted by atomic mass is 9.95.